The van der Waals surface area contributed by atoms with Gasteiger partial charge in [0, 0.05) is 12.6 Å². The van der Waals surface area contributed by atoms with Crippen LogP contribution in [0, 0.1) is 17.2 Å². The molecular formula is C20H20F2N4O2. The zero-order chi connectivity index (χ0) is 19.7. The highest BCUT2D eigenvalue weighted by molar-refractivity contribution is 5.99. The highest BCUT2D eigenvalue weighted by atomic mass is 19.1. The van der Waals surface area contributed by atoms with E-state index >= 15 is 0 Å². The van der Waals surface area contributed by atoms with Gasteiger partial charge in [-0.15, -0.1) is 0 Å². The maximum Gasteiger partial charge on any atom is 0.270 e. The Morgan fingerprint density at radius 1 is 1.21 bits per heavy atom. The van der Waals surface area contributed by atoms with E-state index in [-0.39, 0.29) is 17.6 Å². The molecule has 1 saturated carbocycles. The molecular weight excluding hydrogens is 366 g/mol. The molecule has 28 heavy (non-hydrogen) atoms. The molecule has 3 heterocycles. The fourth-order valence-electron chi connectivity index (χ4n) is 4.27. The number of carbonyl (C=O) groups excluding carboxylic acids is 2. The Morgan fingerprint density at radius 3 is 2.82 bits per heavy atom. The standard InChI is InChI=1S/C20H20F2N4O2/c21-13-6-7-17(23-12-13)26-10-9-20(19(26)28)8-2-3-14(11-20)24-18(27)15-4-1-5-16(22)25-15/h1,4-7,12,14H,2-3,8-11H2,(H,24,27)/t14-,20-/m0/s1. The summed E-state index contributed by atoms with van der Waals surface area (Å²) in [4.78, 5) is 34.7. The zero-order valence-corrected chi connectivity index (χ0v) is 15.2. The van der Waals surface area contributed by atoms with Crippen molar-refractivity contribution < 1.29 is 18.4 Å². The number of amides is 2. The van der Waals surface area contributed by atoms with Crippen LogP contribution in [0.1, 0.15) is 42.6 Å². The second-order valence-corrected chi connectivity index (χ2v) is 7.43. The molecule has 6 nitrogen and oxygen atoms in total. The average molecular weight is 386 g/mol. The molecule has 1 aliphatic heterocycles. The molecule has 1 saturated heterocycles. The van der Waals surface area contributed by atoms with Gasteiger partial charge in [-0.3, -0.25) is 14.5 Å². The third-order valence-electron chi connectivity index (χ3n) is 5.63. The van der Waals surface area contributed by atoms with Crippen molar-refractivity contribution >= 4 is 17.6 Å². The first kappa shape index (κ1) is 18.5. The number of anilines is 1. The van der Waals surface area contributed by atoms with E-state index in [0.29, 0.717) is 25.2 Å². The summed E-state index contributed by atoms with van der Waals surface area (Å²) in [6.45, 7) is 0.517. The predicted molar refractivity (Wildman–Crippen MR) is 97.5 cm³/mol. The molecule has 2 atom stereocenters. The molecule has 1 aliphatic carbocycles. The van der Waals surface area contributed by atoms with E-state index in [1.807, 2.05) is 0 Å². The maximum atomic E-state index is 13.3. The number of carbonyl (C=O) groups is 2. The molecule has 8 heteroatoms. The molecule has 0 bridgehead atoms. The Hall–Kier alpha value is -2.90. The predicted octanol–water partition coefficient (Wildman–Crippen LogP) is 2.85. The first-order valence-corrected chi connectivity index (χ1v) is 9.34. The molecule has 1 N–H and O–H groups in total. The third-order valence-corrected chi connectivity index (χ3v) is 5.63. The van der Waals surface area contributed by atoms with Gasteiger partial charge >= 0.3 is 0 Å². The van der Waals surface area contributed by atoms with Crippen molar-refractivity contribution in [3.63, 3.8) is 0 Å². The van der Waals surface area contributed by atoms with Crippen molar-refractivity contribution in [2.75, 3.05) is 11.4 Å². The van der Waals surface area contributed by atoms with Gasteiger partial charge in [-0.05, 0) is 49.9 Å². The highest BCUT2D eigenvalue weighted by Crippen LogP contribution is 2.45. The van der Waals surface area contributed by atoms with Crippen LogP contribution in [0.25, 0.3) is 0 Å². The van der Waals surface area contributed by atoms with Crippen LogP contribution >= 0.6 is 0 Å². The Bertz CT molecular complexity index is 905. The number of nitrogens with one attached hydrogen (secondary N) is 1. The van der Waals surface area contributed by atoms with Crippen molar-refractivity contribution in [2.45, 2.75) is 38.1 Å². The molecule has 2 fully saturated rings. The highest BCUT2D eigenvalue weighted by Gasteiger charge is 2.50. The first-order valence-electron chi connectivity index (χ1n) is 9.34. The molecule has 2 amide bonds. The van der Waals surface area contributed by atoms with E-state index in [1.165, 1.54) is 30.3 Å². The molecule has 2 aromatic rings. The van der Waals surface area contributed by atoms with Gasteiger partial charge in [0.2, 0.25) is 11.9 Å². The number of rotatable bonds is 3. The quantitative estimate of drug-likeness (QED) is 0.823. The molecule has 2 aliphatic rings. The lowest BCUT2D eigenvalue weighted by Gasteiger charge is -2.36. The third kappa shape index (κ3) is 3.46. The van der Waals surface area contributed by atoms with Gasteiger partial charge in [0.1, 0.15) is 17.3 Å². The van der Waals surface area contributed by atoms with Crippen LogP contribution in [0.2, 0.25) is 0 Å². The van der Waals surface area contributed by atoms with Gasteiger partial charge in [-0.25, -0.2) is 14.4 Å². The maximum absolute atomic E-state index is 13.3. The fourth-order valence-corrected chi connectivity index (χ4v) is 4.27. The van der Waals surface area contributed by atoms with E-state index in [9.17, 15) is 18.4 Å². The summed E-state index contributed by atoms with van der Waals surface area (Å²) in [7, 11) is 0. The minimum Gasteiger partial charge on any atom is -0.348 e. The van der Waals surface area contributed by atoms with Crippen LogP contribution in [0.3, 0.4) is 0 Å². The summed E-state index contributed by atoms with van der Waals surface area (Å²) in [6, 6.07) is 6.69. The summed E-state index contributed by atoms with van der Waals surface area (Å²) < 4.78 is 26.4. The summed E-state index contributed by atoms with van der Waals surface area (Å²) in [5.74, 6) is -1.19. The summed E-state index contributed by atoms with van der Waals surface area (Å²) >= 11 is 0. The summed E-state index contributed by atoms with van der Waals surface area (Å²) in [6.07, 6.45) is 4.58. The molecule has 2 aromatic heterocycles. The lowest BCUT2D eigenvalue weighted by atomic mass is 9.71. The second-order valence-electron chi connectivity index (χ2n) is 7.43. The lowest BCUT2D eigenvalue weighted by molar-refractivity contribution is -0.127. The van der Waals surface area contributed by atoms with Crippen LogP contribution in [-0.4, -0.2) is 34.4 Å². The molecule has 4 rings (SSSR count). The van der Waals surface area contributed by atoms with E-state index < -0.39 is 23.1 Å². The number of hydrogen-bond acceptors (Lipinski definition) is 4. The SMILES string of the molecule is O=C(N[C@H]1CCC[C@]2(CCN(c3ccc(F)cn3)C2=O)C1)c1cccc(F)n1. The van der Waals surface area contributed by atoms with E-state index in [4.69, 9.17) is 0 Å². The molecule has 146 valence electrons. The van der Waals surface area contributed by atoms with Gasteiger partial charge in [0.25, 0.3) is 5.91 Å². The smallest absolute Gasteiger partial charge is 0.270 e. The Balaban J connectivity index is 1.46. The van der Waals surface area contributed by atoms with Gasteiger partial charge in [-0.1, -0.05) is 12.5 Å². The van der Waals surface area contributed by atoms with E-state index in [1.54, 1.807) is 4.90 Å². The van der Waals surface area contributed by atoms with E-state index in [2.05, 4.69) is 15.3 Å². The topological polar surface area (TPSA) is 75.2 Å². The molecule has 0 radical (unpaired) electrons. The number of aromatic nitrogens is 2. The molecule has 1 spiro atoms. The average Bonchev–Trinajstić information content (AvgIpc) is 2.98. The second kappa shape index (κ2) is 7.26. The van der Waals surface area contributed by atoms with Crippen LogP contribution in [0.4, 0.5) is 14.6 Å². The summed E-state index contributed by atoms with van der Waals surface area (Å²) in [5.41, 5.74) is -0.531. The number of nitrogens with zero attached hydrogens (tertiary/aromatic N) is 3. The van der Waals surface area contributed by atoms with Gasteiger partial charge in [0.05, 0.1) is 11.6 Å². The fraction of sp³-hybridized carbons (Fsp3) is 0.400. The number of hydrogen-bond donors (Lipinski definition) is 1. The van der Waals surface area contributed by atoms with Gasteiger partial charge < -0.3 is 5.32 Å². The normalized spacial score (nSPS) is 24.6. The van der Waals surface area contributed by atoms with E-state index in [0.717, 1.165) is 25.5 Å². The largest absolute Gasteiger partial charge is 0.348 e. The summed E-state index contributed by atoms with van der Waals surface area (Å²) in [5, 5.41) is 2.89. The van der Waals surface area contributed by atoms with Gasteiger partial charge in [-0.2, -0.15) is 4.39 Å². The Kier molecular flexibility index (Phi) is 4.78. The Labute approximate surface area is 161 Å². The first-order chi connectivity index (χ1) is 13.5. The van der Waals surface area contributed by atoms with Crippen LogP contribution in [0.15, 0.2) is 36.5 Å². The minimum absolute atomic E-state index is 0.0227. The van der Waals surface area contributed by atoms with Gasteiger partial charge in [0.15, 0.2) is 0 Å². The zero-order valence-electron chi connectivity index (χ0n) is 15.2. The van der Waals surface area contributed by atoms with Crippen LogP contribution < -0.4 is 10.2 Å². The van der Waals surface area contributed by atoms with Crippen LogP contribution in [-0.2, 0) is 4.79 Å². The van der Waals surface area contributed by atoms with Crippen LogP contribution in [0.5, 0.6) is 0 Å². The minimum atomic E-state index is -0.707. The number of halogens is 2. The van der Waals surface area contributed by atoms with Crippen molar-refractivity contribution in [3.05, 3.63) is 54.0 Å². The molecule has 0 aromatic carbocycles. The van der Waals surface area contributed by atoms with Crippen molar-refractivity contribution in [2.24, 2.45) is 5.41 Å². The molecule has 0 unspecified atom stereocenters. The number of pyridine rings is 2. The monoisotopic (exact) mass is 386 g/mol. The van der Waals surface area contributed by atoms with Crippen molar-refractivity contribution in [3.8, 4) is 0 Å². The Morgan fingerprint density at radius 2 is 2.07 bits per heavy atom. The van der Waals surface area contributed by atoms with Crippen molar-refractivity contribution in [1.82, 2.24) is 15.3 Å². The lowest BCUT2D eigenvalue weighted by Crippen LogP contribution is -2.46. The van der Waals surface area contributed by atoms with Crippen molar-refractivity contribution in [1.29, 1.82) is 0 Å².